The molecule has 0 spiro atoms. The fraction of sp³-hybridized carbons (Fsp3) is 0.278. The molecule has 2 aromatic rings. The van der Waals surface area contributed by atoms with Gasteiger partial charge in [-0.2, -0.15) is 0 Å². The molecule has 0 aromatic heterocycles. The van der Waals surface area contributed by atoms with Crippen molar-refractivity contribution in [2.24, 2.45) is 0 Å². The van der Waals surface area contributed by atoms with E-state index in [2.05, 4.69) is 37.4 Å². The van der Waals surface area contributed by atoms with Gasteiger partial charge in [-0.25, -0.2) is 4.79 Å². The molecule has 2 amide bonds. The van der Waals surface area contributed by atoms with E-state index < -0.39 is 0 Å². The Kier molecular flexibility index (Phi) is 4.83. The molecule has 1 atom stereocenters. The van der Waals surface area contributed by atoms with Crippen LogP contribution in [0.5, 0.6) is 0 Å². The first-order valence-corrected chi connectivity index (χ1v) is 8.99. The molecule has 23 heavy (non-hydrogen) atoms. The Morgan fingerprint density at radius 2 is 2.09 bits per heavy atom. The van der Waals surface area contributed by atoms with Gasteiger partial charge in [-0.3, -0.25) is 0 Å². The Balaban J connectivity index is 1.79. The first-order valence-electron chi connectivity index (χ1n) is 7.56. The quantitative estimate of drug-likeness (QED) is 0.806. The number of nitrogens with one attached hydrogen (secondary N) is 1. The highest BCUT2D eigenvalue weighted by Gasteiger charge is 2.31. The first kappa shape index (κ1) is 16.2. The average molecular weight is 347 g/mol. The Labute approximate surface area is 146 Å². The van der Waals surface area contributed by atoms with E-state index in [1.807, 2.05) is 17.0 Å². The van der Waals surface area contributed by atoms with Crippen molar-refractivity contribution >= 4 is 35.1 Å². The maximum Gasteiger partial charge on any atom is 0.323 e. The summed E-state index contributed by atoms with van der Waals surface area (Å²) in [6, 6.07) is 13.6. The third-order valence-corrected chi connectivity index (χ3v) is 5.40. The van der Waals surface area contributed by atoms with Crippen molar-refractivity contribution in [3.05, 3.63) is 64.2 Å². The maximum atomic E-state index is 12.6. The van der Waals surface area contributed by atoms with E-state index in [0.29, 0.717) is 5.02 Å². The normalized spacial score (nSPS) is 17.3. The summed E-state index contributed by atoms with van der Waals surface area (Å²) in [6.07, 6.45) is 0. The van der Waals surface area contributed by atoms with Crippen LogP contribution in [0.2, 0.25) is 5.02 Å². The maximum absolute atomic E-state index is 12.6. The third kappa shape index (κ3) is 3.65. The molecule has 120 valence electrons. The topological polar surface area (TPSA) is 32.3 Å². The molecule has 0 aliphatic carbocycles. The van der Waals surface area contributed by atoms with E-state index in [-0.39, 0.29) is 11.4 Å². The van der Waals surface area contributed by atoms with Crippen LogP contribution in [0.15, 0.2) is 42.5 Å². The van der Waals surface area contributed by atoms with Gasteiger partial charge in [0.1, 0.15) is 5.37 Å². The Morgan fingerprint density at radius 3 is 2.83 bits per heavy atom. The van der Waals surface area contributed by atoms with E-state index in [1.165, 1.54) is 16.7 Å². The first-order chi connectivity index (χ1) is 11.0. The van der Waals surface area contributed by atoms with Crippen molar-refractivity contribution in [2.75, 3.05) is 17.6 Å². The zero-order valence-corrected chi connectivity index (χ0v) is 14.7. The average Bonchev–Trinajstić information content (AvgIpc) is 2.96. The minimum Gasteiger partial charge on any atom is -0.308 e. The molecule has 2 aromatic carbocycles. The van der Waals surface area contributed by atoms with Gasteiger partial charge in [-0.15, -0.1) is 11.8 Å². The summed E-state index contributed by atoms with van der Waals surface area (Å²) in [5.41, 5.74) is 4.40. The fourth-order valence-electron chi connectivity index (χ4n) is 2.80. The number of thioether (sulfide) groups is 1. The Bertz CT molecular complexity index is 735. The molecule has 1 saturated heterocycles. The predicted molar refractivity (Wildman–Crippen MR) is 98.3 cm³/mol. The number of hydrogen-bond acceptors (Lipinski definition) is 2. The van der Waals surface area contributed by atoms with Gasteiger partial charge >= 0.3 is 6.03 Å². The van der Waals surface area contributed by atoms with Crippen molar-refractivity contribution in [1.82, 2.24) is 4.90 Å². The molecule has 3 nitrogen and oxygen atoms in total. The Hall–Kier alpha value is -1.65. The molecule has 1 fully saturated rings. The zero-order valence-electron chi connectivity index (χ0n) is 13.2. The van der Waals surface area contributed by atoms with Crippen molar-refractivity contribution in [3.63, 3.8) is 0 Å². The highest BCUT2D eigenvalue weighted by atomic mass is 35.5. The van der Waals surface area contributed by atoms with Gasteiger partial charge < -0.3 is 10.2 Å². The molecule has 1 aliphatic rings. The summed E-state index contributed by atoms with van der Waals surface area (Å²) in [4.78, 5) is 14.5. The summed E-state index contributed by atoms with van der Waals surface area (Å²) in [5, 5.41) is 3.62. The largest absolute Gasteiger partial charge is 0.323 e. The van der Waals surface area contributed by atoms with Gasteiger partial charge in [-0.1, -0.05) is 41.4 Å². The summed E-state index contributed by atoms with van der Waals surface area (Å²) in [6.45, 7) is 4.94. The second kappa shape index (κ2) is 6.85. The number of benzene rings is 2. The van der Waals surface area contributed by atoms with Gasteiger partial charge in [0.25, 0.3) is 0 Å². The number of amides is 2. The van der Waals surface area contributed by atoms with Gasteiger partial charge in [-0.05, 0) is 43.2 Å². The van der Waals surface area contributed by atoms with Gasteiger partial charge in [0, 0.05) is 23.0 Å². The lowest BCUT2D eigenvalue weighted by Crippen LogP contribution is -2.34. The number of hydrogen-bond donors (Lipinski definition) is 1. The third-order valence-electron chi connectivity index (χ3n) is 3.92. The molecular formula is C18H19ClN2OS. The standard InChI is InChI=1S/C18H19ClN2OS/c1-12-6-7-16(13(2)10-12)17-21(8-9-23-17)18(22)20-15-5-3-4-14(19)11-15/h3-7,10-11,17H,8-9H2,1-2H3,(H,20,22). The molecule has 1 N–H and O–H groups in total. The van der Waals surface area contributed by atoms with Crippen molar-refractivity contribution in [3.8, 4) is 0 Å². The molecule has 0 radical (unpaired) electrons. The van der Waals surface area contributed by atoms with E-state index in [9.17, 15) is 4.79 Å². The number of urea groups is 1. The molecule has 0 saturated carbocycles. The SMILES string of the molecule is Cc1ccc(C2SCCN2C(=O)Nc2cccc(Cl)c2)c(C)c1. The zero-order chi connectivity index (χ0) is 16.4. The summed E-state index contributed by atoms with van der Waals surface area (Å²) in [5.74, 6) is 0.945. The van der Waals surface area contributed by atoms with Crippen LogP contribution in [0.4, 0.5) is 10.5 Å². The monoisotopic (exact) mass is 346 g/mol. The van der Waals surface area contributed by atoms with Crippen LogP contribution >= 0.6 is 23.4 Å². The number of halogens is 1. The van der Waals surface area contributed by atoms with Crippen LogP contribution in [0.25, 0.3) is 0 Å². The van der Waals surface area contributed by atoms with Gasteiger partial charge in [0.2, 0.25) is 0 Å². The lowest BCUT2D eigenvalue weighted by Gasteiger charge is -2.25. The molecule has 5 heteroatoms. The summed E-state index contributed by atoms with van der Waals surface area (Å²) >= 11 is 7.78. The molecule has 1 unspecified atom stereocenters. The van der Waals surface area contributed by atoms with Crippen LogP contribution in [0, 0.1) is 13.8 Å². The number of rotatable bonds is 2. The predicted octanol–water partition coefficient (Wildman–Crippen LogP) is 5.24. The number of nitrogens with zero attached hydrogens (tertiary/aromatic N) is 1. The summed E-state index contributed by atoms with van der Waals surface area (Å²) in [7, 11) is 0. The van der Waals surface area contributed by atoms with Crippen molar-refractivity contribution in [1.29, 1.82) is 0 Å². The molecule has 1 heterocycles. The van der Waals surface area contributed by atoms with Crippen LogP contribution in [0.3, 0.4) is 0 Å². The lowest BCUT2D eigenvalue weighted by atomic mass is 10.1. The van der Waals surface area contributed by atoms with Crippen molar-refractivity contribution in [2.45, 2.75) is 19.2 Å². The van der Waals surface area contributed by atoms with E-state index in [1.54, 1.807) is 23.9 Å². The van der Waals surface area contributed by atoms with Gasteiger partial charge in [0.05, 0.1) is 0 Å². The number of aryl methyl sites for hydroxylation is 2. The lowest BCUT2D eigenvalue weighted by molar-refractivity contribution is 0.214. The number of anilines is 1. The fourth-order valence-corrected chi connectivity index (χ4v) is 4.34. The minimum absolute atomic E-state index is 0.0646. The highest BCUT2D eigenvalue weighted by Crippen LogP contribution is 2.39. The molecule has 0 bridgehead atoms. The van der Waals surface area contributed by atoms with Gasteiger partial charge in [0.15, 0.2) is 0 Å². The smallest absolute Gasteiger partial charge is 0.308 e. The number of carbonyl (C=O) groups is 1. The van der Waals surface area contributed by atoms with E-state index >= 15 is 0 Å². The second-order valence-corrected chi connectivity index (χ2v) is 7.34. The van der Waals surface area contributed by atoms with E-state index in [4.69, 9.17) is 11.6 Å². The highest BCUT2D eigenvalue weighted by molar-refractivity contribution is 7.99. The molecule has 1 aliphatic heterocycles. The van der Waals surface area contributed by atoms with Crippen molar-refractivity contribution < 1.29 is 4.79 Å². The van der Waals surface area contributed by atoms with Crippen LogP contribution in [-0.4, -0.2) is 23.2 Å². The van der Waals surface area contributed by atoms with E-state index in [0.717, 1.165) is 18.0 Å². The second-order valence-electron chi connectivity index (χ2n) is 5.72. The van der Waals surface area contributed by atoms with Crippen LogP contribution in [0.1, 0.15) is 22.1 Å². The minimum atomic E-state index is -0.0813. The molecule has 3 rings (SSSR count). The molecular weight excluding hydrogens is 328 g/mol. The Morgan fingerprint density at radius 1 is 1.26 bits per heavy atom. The number of carbonyl (C=O) groups excluding carboxylic acids is 1. The van der Waals surface area contributed by atoms with Crippen LogP contribution < -0.4 is 5.32 Å². The summed E-state index contributed by atoms with van der Waals surface area (Å²) < 4.78 is 0. The van der Waals surface area contributed by atoms with Crippen LogP contribution in [-0.2, 0) is 0 Å².